The summed E-state index contributed by atoms with van der Waals surface area (Å²) in [6.07, 6.45) is 0. The van der Waals surface area contributed by atoms with Gasteiger partial charge in [0.25, 0.3) is 5.69 Å². The lowest BCUT2D eigenvalue weighted by atomic mass is 9.98. The second-order valence-electron chi connectivity index (χ2n) is 8.13. The highest BCUT2D eigenvalue weighted by atomic mass is 32.1. The summed E-state index contributed by atoms with van der Waals surface area (Å²) in [7, 11) is 1.21. The number of esters is 1. The third kappa shape index (κ3) is 4.08. The van der Waals surface area contributed by atoms with Crippen molar-refractivity contribution >= 4 is 28.8 Å². The molecule has 0 atom stereocenters. The number of hydrogen-bond acceptors (Lipinski definition) is 11. The molecule has 0 saturated carbocycles. The molecule has 0 bridgehead atoms. The number of benzene rings is 2. The van der Waals surface area contributed by atoms with Gasteiger partial charge in [0.2, 0.25) is 5.88 Å². The molecule has 1 aliphatic rings. The Morgan fingerprint density at radius 2 is 1.87 bits per heavy atom. The number of aryl methyl sites for hydroxylation is 1. The first-order valence-electron chi connectivity index (χ1n) is 11.1. The monoisotopic (exact) mass is 537 g/mol. The molecule has 1 aliphatic heterocycles. The minimum absolute atomic E-state index is 0.0263. The van der Waals surface area contributed by atoms with Crippen molar-refractivity contribution < 1.29 is 38.9 Å². The van der Waals surface area contributed by atoms with Gasteiger partial charge in [-0.3, -0.25) is 19.5 Å². The molecule has 13 heteroatoms. The molecule has 2 aromatic carbocycles. The van der Waals surface area contributed by atoms with Crippen LogP contribution < -0.4 is 9.47 Å². The molecule has 0 saturated heterocycles. The molecule has 194 valence electrons. The highest BCUT2D eigenvalue weighted by Crippen LogP contribution is 2.46. The fourth-order valence-corrected chi connectivity index (χ4v) is 5.07. The van der Waals surface area contributed by atoms with Crippen molar-refractivity contribution in [3.05, 3.63) is 74.3 Å². The number of fused-ring (bicyclic) bond motifs is 1. The maximum absolute atomic E-state index is 13.8. The van der Waals surface area contributed by atoms with Crippen LogP contribution in [0.2, 0.25) is 0 Å². The number of non-ortho nitro benzene ring substituents is 1. The number of methoxy groups -OCH3 is 1. The van der Waals surface area contributed by atoms with Gasteiger partial charge >= 0.3 is 5.97 Å². The summed E-state index contributed by atoms with van der Waals surface area (Å²) in [5.74, 6) is -2.08. The van der Waals surface area contributed by atoms with Crippen LogP contribution in [-0.4, -0.2) is 56.8 Å². The number of nitro groups is 1. The van der Waals surface area contributed by atoms with Gasteiger partial charge in [-0.2, -0.15) is 0 Å². The molecule has 5 rings (SSSR count). The van der Waals surface area contributed by atoms with E-state index in [1.807, 2.05) is 0 Å². The first-order valence-corrected chi connectivity index (χ1v) is 11.9. The van der Waals surface area contributed by atoms with Crippen LogP contribution in [0.25, 0.3) is 16.4 Å². The van der Waals surface area contributed by atoms with Crippen molar-refractivity contribution in [1.29, 1.82) is 0 Å². The Hall–Kier alpha value is -4.91. The fourth-order valence-electron chi connectivity index (χ4n) is 4.08. The Morgan fingerprint density at radius 1 is 1.13 bits per heavy atom. The summed E-state index contributed by atoms with van der Waals surface area (Å²) in [5, 5.41) is 33.5. The number of ketones is 1. The number of aromatic nitrogens is 2. The van der Waals surface area contributed by atoms with Gasteiger partial charge in [-0.05, 0) is 25.1 Å². The third-order valence-corrected chi connectivity index (χ3v) is 6.95. The predicted molar refractivity (Wildman–Crippen MR) is 134 cm³/mol. The van der Waals surface area contributed by atoms with Crippen LogP contribution in [0.4, 0.5) is 5.69 Å². The molecular formula is C25H19N3O9S. The van der Waals surface area contributed by atoms with E-state index in [-0.39, 0.29) is 50.4 Å². The highest BCUT2D eigenvalue weighted by molar-refractivity contribution is 7.16. The van der Waals surface area contributed by atoms with Gasteiger partial charge in [0, 0.05) is 23.3 Å². The number of nitrogens with zero attached hydrogens (tertiary/aromatic N) is 3. The lowest BCUT2D eigenvalue weighted by molar-refractivity contribution is -0.384. The van der Waals surface area contributed by atoms with E-state index in [1.54, 1.807) is 13.0 Å². The largest absolute Gasteiger partial charge is 0.503 e. The number of nitro benzene ring substituents is 1. The minimum atomic E-state index is -0.765. The second-order valence-corrected chi connectivity index (χ2v) is 9.11. The van der Waals surface area contributed by atoms with E-state index < -0.39 is 28.3 Å². The number of carbonyl (C=O) groups is 2. The molecule has 38 heavy (non-hydrogen) atoms. The van der Waals surface area contributed by atoms with Crippen LogP contribution in [0.1, 0.15) is 31.3 Å². The van der Waals surface area contributed by atoms with Crippen LogP contribution in [0.15, 0.2) is 42.5 Å². The minimum Gasteiger partial charge on any atom is -0.503 e. The summed E-state index contributed by atoms with van der Waals surface area (Å²) < 4.78 is 16.9. The topological polar surface area (TPSA) is 163 Å². The fraction of sp³-hybridized carbons (Fsp3) is 0.160. The van der Waals surface area contributed by atoms with E-state index in [9.17, 15) is 29.9 Å². The van der Waals surface area contributed by atoms with Gasteiger partial charge in [-0.15, -0.1) is 0 Å². The predicted octanol–water partition coefficient (Wildman–Crippen LogP) is 4.02. The van der Waals surface area contributed by atoms with Crippen molar-refractivity contribution in [2.24, 2.45) is 0 Å². The summed E-state index contributed by atoms with van der Waals surface area (Å²) in [4.78, 5) is 41.3. The average Bonchev–Trinajstić information content (AvgIpc) is 3.43. The van der Waals surface area contributed by atoms with Crippen molar-refractivity contribution in [3.63, 3.8) is 0 Å². The molecule has 12 nitrogen and oxygen atoms in total. The SMILES string of the molecule is COC(=O)c1sc(-n2c(O)c(O)c(C(=O)c3ccc4c(c3)OCCO4)c2-c2cccc([N+](=O)[O-])c2)nc1C. The van der Waals surface area contributed by atoms with Gasteiger partial charge in [0.1, 0.15) is 18.1 Å². The van der Waals surface area contributed by atoms with E-state index in [1.165, 1.54) is 43.5 Å². The number of carbonyl (C=O) groups excluding carboxylic acids is 2. The molecule has 2 N–H and O–H groups in total. The standard InChI is InChI=1S/C25H19N3O9S/c1-12-22(24(32)35-2)38-25(26-12)27-19(13-4-3-5-15(10-13)28(33)34)18(21(30)23(27)31)20(29)14-6-7-16-17(11-14)37-9-8-36-16/h3-7,10-11,30-31H,8-9H2,1-2H3. The maximum Gasteiger partial charge on any atom is 0.350 e. The Bertz CT molecular complexity index is 1620. The number of ether oxygens (including phenoxy) is 3. The molecule has 0 fully saturated rings. The molecule has 0 radical (unpaired) electrons. The Labute approximate surface area is 218 Å². The molecule has 0 unspecified atom stereocenters. The highest BCUT2D eigenvalue weighted by Gasteiger charge is 2.33. The molecule has 4 aromatic rings. The first kappa shape index (κ1) is 24.8. The number of aromatic hydroxyl groups is 2. The smallest absolute Gasteiger partial charge is 0.350 e. The first-order chi connectivity index (χ1) is 18.2. The van der Waals surface area contributed by atoms with E-state index in [2.05, 4.69) is 4.98 Å². The molecule has 3 heterocycles. The lowest BCUT2D eigenvalue weighted by Crippen LogP contribution is -2.16. The normalized spacial score (nSPS) is 12.3. The Balaban J connectivity index is 1.76. The van der Waals surface area contributed by atoms with Crippen LogP contribution in [0.3, 0.4) is 0 Å². The summed E-state index contributed by atoms with van der Waals surface area (Å²) in [5.41, 5.74) is -0.130. The molecule has 0 amide bonds. The quantitative estimate of drug-likeness (QED) is 0.159. The summed E-state index contributed by atoms with van der Waals surface area (Å²) >= 11 is 0.851. The lowest BCUT2D eigenvalue weighted by Gasteiger charge is -2.18. The average molecular weight is 538 g/mol. The third-order valence-electron chi connectivity index (χ3n) is 5.83. The second kappa shape index (κ2) is 9.52. The van der Waals surface area contributed by atoms with E-state index >= 15 is 0 Å². The maximum atomic E-state index is 13.8. The number of thiazole rings is 1. The van der Waals surface area contributed by atoms with Gasteiger partial charge in [-0.1, -0.05) is 23.5 Å². The van der Waals surface area contributed by atoms with Crippen molar-refractivity contribution in [3.8, 4) is 39.5 Å². The van der Waals surface area contributed by atoms with Crippen LogP contribution in [0, 0.1) is 17.0 Å². The molecule has 2 aromatic heterocycles. The van der Waals surface area contributed by atoms with Crippen molar-refractivity contribution in [1.82, 2.24) is 9.55 Å². The van der Waals surface area contributed by atoms with Gasteiger partial charge in [-0.25, -0.2) is 9.78 Å². The summed E-state index contributed by atoms with van der Waals surface area (Å²) in [6, 6.07) is 9.84. The van der Waals surface area contributed by atoms with Gasteiger partial charge in [0.05, 0.1) is 29.0 Å². The zero-order chi connectivity index (χ0) is 27.1. The van der Waals surface area contributed by atoms with Crippen LogP contribution >= 0.6 is 11.3 Å². The van der Waals surface area contributed by atoms with Gasteiger partial charge < -0.3 is 24.4 Å². The Morgan fingerprint density at radius 3 is 2.58 bits per heavy atom. The van der Waals surface area contributed by atoms with Gasteiger partial charge in [0.15, 0.2) is 28.2 Å². The van der Waals surface area contributed by atoms with E-state index in [4.69, 9.17) is 14.2 Å². The molecule has 0 aliphatic carbocycles. The van der Waals surface area contributed by atoms with Crippen LogP contribution in [0.5, 0.6) is 23.1 Å². The zero-order valence-corrected chi connectivity index (χ0v) is 20.8. The number of hydrogen-bond donors (Lipinski definition) is 2. The van der Waals surface area contributed by atoms with Crippen molar-refractivity contribution in [2.45, 2.75) is 6.92 Å². The van der Waals surface area contributed by atoms with E-state index in [0.717, 1.165) is 15.9 Å². The Kier molecular flexibility index (Phi) is 6.20. The van der Waals surface area contributed by atoms with Crippen molar-refractivity contribution in [2.75, 3.05) is 20.3 Å². The summed E-state index contributed by atoms with van der Waals surface area (Å²) in [6.45, 7) is 2.20. The molecular weight excluding hydrogens is 518 g/mol. The van der Waals surface area contributed by atoms with E-state index in [0.29, 0.717) is 18.1 Å². The van der Waals surface area contributed by atoms with Crippen LogP contribution in [-0.2, 0) is 4.74 Å². The number of rotatable bonds is 6. The zero-order valence-electron chi connectivity index (χ0n) is 20.0. The molecule has 0 spiro atoms.